The normalized spacial score (nSPS) is 10.9. The van der Waals surface area contributed by atoms with Crippen LogP contribution in [-0.4, -0.2) is 23.7 Å². The van der Waals surface area contributed by atoms with Gasteiger partial charge in [-0.25, -0.2) is 9.78 Å². The number of nitrogens with zero attached hydrogens (tertiary/aromatic N) is 1. The van der Waals surface area contributed by atoms with E-state index in [4.69, 9.17) is 10.5 Å². The van der Waals surface area contributed by atoms with Crippen molar-refractivity contribution < 1.29 is 14.3 Å². The number of methoxy groups -OCH3 is 1. The monoisotopic (exact) mass is 210 g/mol. The van der Waals surface area contributed by atoms with Gasteiger partial charge in [-0.3, -0.25) is 0 Å². The molecule has 0 radical (unpaired) electrons. The number of hydrogen-bond donors (Lipinski definition) is 1. The predicted octanol–water partition coefficient (Wildman–Crippen LogP) is 0.994. The van der Waals surface area contributed by atoms with Crippen molar-refractivity contribution in [3.05, 3.63) is 18.3 Å². The second-order valence-electron chi connectivity index (χ2n) is 3.52. The van der Waals surface area contributed by atoms with E-state index in [2.05, 4.69) is 9.72 Å². The Hall–Kier alpha value is -1.78. The summed E-state index contributed by atoms with van der Waals surface area (Å²) in [7, 11) is 1.31. The summed E-state index contributed by atoms with van der Waals surface area (Å²) in [6.07, 6.45) is 1.46. The maximum Gasteiger partial charge on any atom is 0.349 e. The van der Waals surface area contributed by atoms with Gasteiger partial charge >= 0.3 is 5.97 Å². The zero-order chi connectivity index (χ0) is 11.5. The lowest BCUT2D eigenvalue weighted by Crippen LogP contribution is -2.39. The third kappa shape index (κ3) is 2.83. The lowest BCUT2D eigenvalue weighted by molar-refractivity contribution is -0.156. The van der Waals surface area contributed by atoms with Crippen LogP contribution < -0.4 is 10.5 Å². The molecule has 1 heterocycles. The summed E-state index contributed by atoms with van der Waals surface area (Å²) in [6, 6.07) is 3.25. The Labute approximate surface area is 88.2 Å². The minimum absolute atomic E-state index is 0.401. The van der Waals surface area contributed by atoms with E-state index in [9.17, 15) is 4.79 Å². The van der Waals surface area contributed by atoms with Crippen molar-refractivity contribution in [2.75, 3.05) is 12.8 Å². The van der Waals surface area contributed by atoms with Gasteiger partial charge in [-0.1, -0.05) is 0 Å². The van der Waals surface area contributed by atoms with Crippen molar-refractivity contribution in [3.8, 4) is 5.75 Å². The molecular formula is C10H14N2O3. The van der Waals surface area contributed by atoms with Crippen LogP contribution in [0.25, 0.3) is 0 Å². The van der Waals surface area contributed by atoms with Gasteiger partial charge in [0.25, 0.3) is 0 Å². The fourth-order valence-corrected chi connectivity index (χ4v) is 1.03. The SMILES string of the molecule is COC(=O)C(C)(C)Oc1ccc(N)nc1. The molecule has 0 bridgehead atoms. The van der Waals surface area contributed by atoms with Crippen molar-refractivity contribution in [1.29, 1.82) is 0 Å². The summed E-state index contributed by atoms with van der Waals surface area (Å²) in [5.74, 6) is 0.428. The number of rotatable bonds is 3. The lowest BCUT2D eigenvalue weighted by Gasteiger charge is -2.22. The maximum atomic E-state index is 11.3. The average Bonchev–Trinajstić information content (AvgIpc) is 2.20. The molecule has 0 saturated heterocycles. The number of carbonyl (C=O) groups excluding carboxylic acids is 1. The third-order valence-electron chi connectivity index (χ3n) is 1.81. The number of nitrogens with two attached hydrogens (primary N) is 1. The Balaban J connectivity index is 2.77. The van der Waals surface area contributed by atoms with Crippen molar-refractivity contribution >= 4 is 11.8 Å². The smallest absolute Gasteiger partial charge is 0.349 e. The van der Waals surface area contributed by atoms with Crippen molar-refractivity contribution in [1.82, 2.24) is 4.98 Å². The number of esters is 1. The topological polar surface area (TPSA) is 74.4 Å². The first-order chi connectivity index (χ1) is 6.95. The first-order valence-corrected chi connectivity index (χ1v) is 4.44. The Morgan fingerprint density at radius 2 is 2.13 bits per heavy atom. The molecule has 5 heteroatoms. The van der Waals surface area contributed by atoms with E-state index in [1.165, 1.54) is 13.3 Å². The fourth-order valence-electron chi connectivity index (χ4n) is 1.03. The predicted molar refractivity (Wildman–Crippen MR) is 55.4 cm³/mol. The summed E-state index contributed by atoms with van der Waals surface area (Å²) in [5.41, 5.74) is 4.38. The third-order valence-corrected chi connectivity index (χ3v) is 1.81. The van der Waals surface area contributed by atoms with Crippen LogP contribution in [-0.2, 0) is 9.53 Å². The van der Waals surface area contributed by atoms with Crippen molar-refractivity contribution in [2.24, 2.45) is 0 Å². The number of aromatic nitrogens is 1. The molecule has 0 unspecified atom stereocenters. The van der Waals surface area contributed by atoms with E-state index in [1.54, 1.807) is 26.0 Å². The number of ether oxygens (including phenoxy) is 2. The van der Waals surface area contributed by atoms with E-state index in [0.717, 1.165) is 0 Å². The highest BCUT2D eigenvalue weighted by Gasteiger charge is 2.31. The molecule has 0 fully saturated rings. The molecule has 0 aliphatic heterocycles. The van der Waals surface area contributed by atoms with Gasteiger partial charge in [0.1, 0.15) is 11.6 Å². The zero-order valence-corrected chi connectivity index (χ0v) is 8.98. The first-order valence-electron chi connectivity index (χ1n) is 4.44. The van der Waals surface area contributed by atoms with Gasteiger partial charge in [-0.2, -0.15) is 0 Å². The molecule has 0 aliphatic rings. The van der Waals surface area contributed by atoms with Gasteiger partial charge in [0.2, 0.25) is 0 Å². The van der Waals surface area contributed by atoms with Gasteiger partial charge in [-0.15, -0.1) is 0 Å². The molecule has 2 N–H and O–H groups in total. The fraction of sp³-hybridized carbons (Fsp3) is 0.400. The number of carbonyl (C=O) groups is 1. The highest BCUT2D eigenvalue weighted by atomic mass is 16.6. The molecule has 0 amide bonds. The van der Waals surface area contributed by atoms with Crippen LogP contribution in [0.2, 0.25) is 0 Å². The standard InChI is InChI=1S/C10H14N2O3/c1-10(2,9(13)14-3)15-7-4-5-8(11)12-6-7/h4-6H,1-3H3,(H2,11,12). The Morgan fingerprint density at radius 3 is 2.60 bits per heavy atom. The molecular weight excluding hydrogens is 196 g/mol. The first kappa shape index (κ1) is 11.3. The molecule has 5 nitrogen and oxygen atoms in total. The van der Waals surface area contributed by atoms with Crippen LogP contribution in [0.5, 0.6) is 5.75 Å². The highest BCUT2D eigenvalue weighted by molar-refractivity contribution is 5.78. The number of nitrogen functional groups attached to an aromatic ring is 1. The molecule has 82 valence electrons. The van der Waals surface area contributed by atoms with Gasteiger partial charge in [0, 0.05) is 0 Å². The minimum Gasteiger partial charge on any atom is -0.475 e. The zero-order valence-electron chi connectivity index (χ0n) is 8.98. The summed E-state index contributed by atoms with van der Waals surface area (Å²) >= 11 is 0. The van der Waals surface area contributed by atoms with Crippen LogP contribution >= 0.6 is 0 Å². The van der Waals surface area contributed by atoms with Crippen LogP contribution in [0.3, 0.4) is 0 Å². The Morgan fingerprint density at radius 1 is 1.47 bits per heavy atom. The highest BCUT2D eigenvalue weighted by Crippen LogP contribution is 2.18. The molecule has 0 aromatic carbocycles. The van der Waals surface area contributed by atoms with Crippen LogP contribution in [0, 0.1) is 0 Å². The van der Waals surface area contributed by atoms with E-state index >= 15 is 0 Å². The average molecular weight is 210 g/mol. The maximum absolute atomic E-state index is 11.3. The number of anilines is 1. The second-order valence-corrected chi connectivity index (χ2v) is 3.52. The minimum atomic E-state index is -1.04. The molecule has 0 saturated carbocycles. The van der Waals surface area contributed by atoms with Crippen LogP contribution in [0.4, 0.5) is 5.82 Å². The molecule has 0 spiro atoms. The van der Waals surface area contributed by atoms with Gasteiger partial charge in [0.05, 0.1) is 13.3 Å². The number of pyridine rings is 1. The lowest BCUT2D eigenvalue weighted by atomic mass is 10.1. The van der Waals surface area contributed by atoms with E-state index < -0.39 is 11.6 Å². The molecule has 1 rings (SSSR count). The Bertz CT molecular complexity index is 346. The van der Waals surface area contributed by atoms with E-state index in [1.807, 2.05) is 0 Å². The molecule has 0 atom stereocenters. The van der Waals surface area contributed by atoms with Crippen molar-refractivity contribution in [3.63, 3.8) is 0 Å². The van der Waals surface area contributed by atoms with Gasteiger partial charge in [-0.05, 0) is 26.0 Å². The number of hydrogen-bond acceptors (Lipinski definition) is 5. The van der Waals surface area contributed by atoms with Crippen LogP contribution in [0.15, 0.2) is 18.3 Å². The quantitative estimate of drug-likeness (QED) is 0.753. The van der Waals surface area contributed by atoms with E-state index in [0.29, 0.717) is 11.6 Å². The van der Waals surface area contributed by atoms with Gasteiger partial charge < -0.3 is 15.2 Å². The molecule has 15 heavy (non-hydrogen) atoms. The summed E-state index contributed by atoms with van der Waals surface area (Å²) in [4.78, 5) is 15.2. The summed E-state index contributed by atoms with van der Waals surface area (Å²) in [6.45, 7) is 3.24. The molecule has 0 aliphatic carbocycles. The summed E-state index contributed by atoms with van der Waals surface area (Å²) in [5, 5.41) is 0. The van der Waals surface area contributed by atoms with Crippen molar-refractivity contribution in [2.45, 2.75) is 19.4 Å². The van der Waals surface area contributed by atoms with E-state index in [-0.39, 0.29) is 0 Å². The second kappa shape index (κ2) is 4.16. The summed E-state index contributed by atoms with van der Waals surface area (Å²) < 4.78 is 10.0. The molecule has 1 aromatic heterocycles. The van der Waals surface area contributed by atoms with Gasteiger partial charge in [0.15, 0.2) is 5.60 Å². The largest absolute Gasteiger partial charge is 0.475 e. The molecule has 1 aromatic rings. The Kier molecular flexibility index (Phi) is 3.14. The van der Waals surface area contributed by atoms with Crippen LogP contribution in [0.1, 0.15) is 13.8 Å².